The smallest absolute Gasteiger partial charge is 0.254 e. The van der Waals surface area contributed by atoms with Gasteiger partial charge in [0, 0.05) is 23.8 Å². The number of nitrogens with zero attached hydrogens (tertiary/aromatic N) is 1. The summed E-state index contributed by atoms with van der Waals surface area (Å²) in [6.45, 7) is -0.0688. The molecular weight excluding hydrogens is 280 g/mol. The fourth-order valence-corrected chi connectivity index (χ4v) is 4.10. The third-order valence-electron chi connectivity index (χ3n) is 3.41. The van der Waals surface area contributed by atoms with Crippen LogP contribution in [0.2, 0.25) is 0 Å². The van der Waals surface area contributed by atoms with Gasteiger partial charge in [0.05, 0.1) is 18.1 Å². The number of amides is 1. The van der Waals surface area contributed by atoms with Crippen molar-refractivity contribution in [3.63, 3.8) is 0 Å². The van der Waals surface area contributed by atoms with Crippen molar-refractivity contribution in [1.29, 1.82) is 0 Å². The van der Waals surface area contributed by atoms with Crippen LogP contribution in [0.15, 0.2) is 24.3 Å². The SMILES string of the molecule is Nc1ccc(C(=O)N(CCO)C2CCS(=O)(=O)C2)cc1. The number of hydrogen-bond acceptors (Lipinski definition) is 5. The van der Waals surface area contributed by atoms with E-state index >= 15 is 0 Å². The normalized spacial score (nSPS) is 20.8. The zero-order chi connectivity index (χ0) is 14.8. The molecule has 1 aliphatic rings. The average Bonchev–Trinajstić information content (AvgIpc) is 2.76. The van der Waals surface area contributed by atoms with Gasteiger partial charge >= 0.3 is 0 Å². The van der Waals surface area contributed by atoms with Gasteiger partial charge in [-0.1, -0.05) is 0 Å². The molecule has 6 nitrogen and oxygen atoms in total. The number of benzene rings is 1. The van der Waals surface area contributed by atoms with Gasteiger partial charge in [0.25, 0.3) is 5.91 Å². The third kappa shape index (κ3) is 3.29. The van der Waals surface area contributed by atoms with E-state index in [1.807, 2.05) is 0 Å². The van der Waals surface area contributed by atoms with Crippen molar-refractivity contribution in [3.8, 4) is 0 Å². The first kappa shape index (κ1) is 14.8. The van der Waals surface area contributed by atoms with Crippen molar-refractivity contribution in [3.05, 3.63) is 29.8 Å². The monoisotopic (exact) mass is 298 g/mol. The first-order valence-corrected chi connectivity index (χ1v) is 8.23. The molecule has 1 heterocycles. The Morgan fingerprint density at radius 2 is 2.00 bits per heavy atom. The number of aliphatic hydroxyl groups is 1. The first-order valence-electron chi connectivity index (χ1n) is 6.41. The van der Waals surface area contributed by atoms with Crippen LogP contribution in [0, 0.1) is 0 Å². The molecule has 0 radical (unpaired) electrons. The molecule has 1 aromatic carbocycles. The van der Waals surface area contributed by atoms with Crippen LogP contribution in [-0.4, -0.2) is 55.0 Å². The molecular formula is C13H18N2O4S. The summed E-state index contributed by atoms with van der Waals surface area (Å²) in [5.41, 5.74) is 6.57. The Balaban J connectivity index is 2.20. The van der Waals surface area contributed by atoms with Gasteiger partial charge in [-0.2, -0.15) is 0 Å². The zero-order valence-corrected chi connectivity index (χ0v) is 11.8. The van der Waals surface area contributed by atoms with Gasteiger partial charge in [-0.3, -0.25) is 4.79 Å². The highest BCUT2D eigenvalue weighted by Gasteiger charge is 2.34. The lowest BCUT2D eigenvalue weighted by Gasteiger charge is -2.27. The average molecular weight is 298 g/mol. The summed E-state index contributed by atoms with van der Waals surface area (Å²) in [7, 11) is -3.08. The molecule has 1 aliphatic heterocycles. The number of nitrogen functional groups attached to an aromatic ring is 1. The quantitative estimate of drug-likeness (QED) is 0.755. The van der Waals surface area contributed by atoms with Crippen LogP contribution in [0.1, 0.15) is 16.8 Å². The molecule has 7 heteroatoms. The molecule has 110 valence electrons. The summed E-state index contributed by atoms with van der Waals surface area (Å²) in [6.07, 6.45) is 0.420. The van der Waals surface area contributed by atoms with Crippen LogP contribution >= 0.6 is 0 Å². The number of rotatable bonds is 4. The van der Waals surface area contributed by atoms with E-state index in [-0.39, 0.29) is 36.6 Å². The largest absolute Gasteiger partial charge is 0.399 e. The van der Waals surface area contributed by atoms with Crippen molar-refractivity contribution in [2.75, 3.05) is 30.4 Å². The summed E-state index contributed by atoms with van der Waals surface area (Å²) in [5.74, 6) is -0.219. The maximum atomic E-state index is 12.4. The van der Waals surface area contributed by atoms with Crippen LogP contribution in [-0.2, 0) is 9.84 Å². The minimum atomic E-state index is -3.08. The van der Waals surface area contributed by atoms with Gasteiger partial charge in [-0.05, 0) is 30.7 Å². The second-order valence-corrected chi connectivity index (χ2v) is 7.13. The highest BCUT2D eigenvalue weighted by Crippen LogP contribution is 2.20. The van der Waals surface area contributed by atoms with E-state index in [1.165, 1.54) is 4.90 Å². The Hall–Kier alpha value is -1.60. The van der Waals surface area contributed by atoms with Crippen molar-refractivity contribution in [1.82, 2.24) is 4.90 Å². The number of aliphatic hydroxyl groups excluding tert-OH is 1. The first-order chi connectivity index (χ1) is 9.43. The Morgan fingerprint density at radius 1 is 1.35 bits per heavy atom. The molecule has 3 N–H and O–H groups in total. The van der Waals surface area contributed by atoms with Crippen LogP contribution in [0.4, 0.5) is 5.69 Å². The van der Waals surface area contributed by atoms with Crippen molar-refractivity contribution in [2.24, 2.45) is 0 Å². The van der Waals surface area contributed by atoms with E-state index in [2.05, 4.69) is 0 Å². The lowest BCUT2D eigenvalue weighted by Crippen LogP contribution is -2.42. The van der Waals surface area contributed by atoms with E-state index in [0.717, 1.165) is 0 Å². The lowest BCUT2D eigenvalue weighted by molar-refractivity contribution is 0.0655. The summed E-state index contributed by atoms with van der Waals surface area (Å²) >= 11 is 0. The molecule has 0 aliphatic carbocycles. The Bertz CT molecular complexity index is 583. The fraction of sp³-hybridized carbons (Fsp3) is 0.462. The second kappa shape index (κ2) is 5.80. The summed E-state index contributed by atoms with van der Waals surface area (Å²) in [6, 6.07) is 6.08. The van der Waals surface area contributed by atoms with E-state index in [0.29, 0.717) is 17.7 Å². The number of nitrogens with two attached hydrogens (primary N) is 1. The zero-order valence-electron chi connectivity index (χ0n) is 11.0. The fourth-order valence-electron chi connectivity index (χ4n) is 2.37. The predicted molar refractivity (Wildman–Crippen MR) is 76.0 cm³/mol. The summed E-state index contributed by atoms with van der Waals surface area (Å²) < 4.78 is 23.1. The van der Waals surface area contributed by atoms with Gasteiger partial charge in [-0.15, -0.1) is 0 Å². The minimum absolute atomic E-state index is 0.0340. The molecule has 20 heavy (non-hydrogen) atoms. The molecule has 0 saturated carbocycles. The number of hydrogen-bond donors (Lipinski definition) is 2. The van der Waals surface area contributed by atoms with Gasteiger partial charge in [0.2, 0.25) is 0 Å². The molecule has 0 aromatic heterocycles. The highest BCUT2D eigenvalue weighted by atomic mass is 32.2. The molecule has 0 spiro atoms. The van der Waals surface area contributed by atoms with Crippen LogP contribution in [0.5, 0.6) is 0 Å². The maximum Gasteiger partial charge on any atom is 0.254 e. The molecule has 0 bridgehead atoms. The number of carbonyl (C=O) groups is 1. The van der Waals surface area contributed by atoms with E-state index in [9.17, 15) is 13.2 Å². The lowest BCUT2D eigenvalue weighted by atomic mass is 10.1. The molecule has 1 atom stereocenters. The molecule has 2 rings (SSSR count). The predicted octanol–water partition coefficient (Wildman–Crippen LogP) is -0.110. The van der Waals surface area contributed by atoms with Crippen molar-refractivity contribution < 1.29 is 18.3 Å². The van der Waals surface area contributed by atoms with Crippen LogP contribution in [0.3, 0.4) is 0 Å². The van der Waals surface area contributed by atoms with E-state index < -0.39 is 9.84 Å². The topological polar surface area (TPSA) is 101 Å². The van der Waals surface area contributed by atoms with Crippen molar-refractivity contribution >= 4 is 21.4 Å². The van der Waals surface area contributed by atoms with Gasteiger partial charge in [0.1, 0.15) is 0 Å². The Morgan fingerprint density at radius 3 is 2.50 bits per heavy atom. The molecule has 1 saturated heterocycles. The molecule has 1 aromatic rings. The maximum absolute atomic E-state index is 12.4. The highest BCUT2D eigenvalue weighted by molar-refractivity contribution is 7.91. The Kier molecular flexibility index (Phi) is 4.29. The third-order valence-corrected chi connectivity index (χ3v) is 5.16. The van der Waals surface area contributed by atoms with Crippen molar-refractivity contribution in [2.45, 2.75) is 12.5 Å². The Labute approximate surface area is 118 Å². The van der Waals surface area contributed by atoms with Crippen LogP contribution in [0.25, 0.3) is 0 Å². The van der Waals surface area contributed by atoms with E-state index in [1.54, 1.807) is 24.3 Å². The molecule has 1 unspecified atom stereocenters. The second-order valence-electron chi connectivity index (χ2n) is 4.90. The number of carbonyl (C=O) groups excluding carboxylic acids is 1. The van der Waals surface area contributed by atoms with Gasteiger partial charge in [-0.25, -0.2) is 8.42 Å². The van der Waals surface area contributed by atoms with Crippen LogP contribution < -0.4 is 5.73 Å². The number of anilines is 1. The molecule has 1 amide bonds. The van der Waals surface area contributed by atoms with Gasteiger partial charge < -0.3 is 15.7 Å². The standard InChI is InChI=1S/C13H18N2O4S/c14-11-3-1-10(2-4-11)13(17)15(6-7-16)12-5-8-20(18,19)9-12/h1-4,12,16H,5-9,14H2. The minimum Gasteiger partial charge on any atom is -0.399 e. The molecule has 1 fully saturated rings. The van der Waals surface area contributed by atoms with E-state index in [4.69, 9.17) is 10.8 Å². The summed E-state index contributed by atoms with van der Waals surface area (Å²) in [4.78, 5) is 13.9. The summed E-state index contributed by atoms with van der Waals surface area (Å²) in [5, 5.41) is 9.10. The van der Waals surface area contributed by atoms with Gasteiger partial charge in [0.15, 0.2) is 9.84 Å². The number of sulfone groups is 1.